The van der Waals surface area contributed by atoms with Crippen LogP contribution in [0.25, 0.3) is 0 Å². The van der Waals surface area contributed by atoms with Crippen LogP contribution in [-0.4, -0.2) is 33.5 Å². The highest BCUT2D eigenvalue weighted by molar-refractivity contribution is 5.02. The van der Waals surface area contributed by atoms with E-state index in [0.717, 1.165) is 0 Å². The van der Waals surface area contributed by atoms with Crippen LogP contribution in [0, 0.1) is 6.92 Å². The maximum atomic E-state index is 11.7. The molecule has 0 radical (unpaired) electrons. The van der Waals surface area contributed by atoms with Crippen LogP contribution in [0.5, 0.6) is 0 Å². The number of aliphatic hydroxyl groups excluding tert-OH is 1. The van der Waals surface area contributed by atoms with Crippen LogP contribution in [0.15, 0.2) is 15.8 Å². The number of rotatable bonds is 3. The first kappa shape index (κ1) is 13.0. The summed E-state index contributed by atoms with van der Waals surface area (Å²) in [5.74, 6) is 5.10. The molecule has 4 N–H and O–H groups in total. The van der Waals surface area contributed by atoms with E-state index >= 15 is 0 Å². The lowest BCUT2D eigenvalue weighted by molar-refractivity contribution is -0.0630. The van der Waals surface area contributed by atoms with Crippen molar-refractivity contribution in [3.8, 4) is 0 Å². The summed E-state index contributed by atoms with van der Waals surface area (Å²) in [7, 11) is 0. The Morgan fingerprint density at radius 3 is 2.94 bits per heavy atom. The fourth-order valence-corrected chi connectivity index (χ4v) is 1.98. The van der Waals surface area contributed by atoms with Gasteiger partial charge in [-0.05, 0) is 6.92 Å². The van der Waals surface area contributed by atoms with Gasteiger partial charge in [0.25, 0.3) is 5.56 Å². The van der Waals surface area contributed by atoms with Crippen molar-refractivity contribution in [3.63, 3.8) is 0 Å². The molecule has 8 heteroatoms. The number of aromatic amines is 1. The molecule has 8 nitrogen and oxygen atoms in total. The molecule has 1 aromatic rings. The van der Waals surface area contributed by atoms with Gasteiger partial charge in [0.2, 0.25) is 0 Å². The van der Waals surface area contributed by atoms with Crippen molar-refractivity contribution in [2.75, 3.05) is 6.61 Å². The number of nitrogens with zero attached hydrogens (tertiary/aromatic N) is 1. The fraction of sp³-hybridized carbons (Fsp3) is 0.600. The van der Waals surface area contributed by atoms with Crippen LogP contribution in [0.2, 0.25) is 0 Å². The number of aliphatic hydroxyl groups is 1. The Balaban J connectivity index is 2.31. The Labute approximate surface area is 102 Å². The van der Waals surface area contributed by atoms with Crippen LogP contribution >= 0.6 is 0 Å². The standard InChI is InChI=1S/C10H15N3O5/c1-5-3-13(10(16)12-9(5)15)8-2-6(18-11)7(4-14)17-8/h3,6-8,14H,2,4,11H2,1H3,(H,12,15,16)/t6-,7-,8-/m1/s1. The van der Waals surface area contributed by atoms with Crippen molar-refractivity contribution < 1.29 is 14.7 Å². The summed E-state index contributed by atoms with van der Waals surface area (Å²) in [5, 5.41) is 9.09. The van der Waals surface area contributed by atoms with E-state index in [0.29, 0.717) is 12.0 Å². The summed E-state index contributed by atoms with van der Waals surface area (Å²) in [5.41, 5.74) is -0.597. The van der Waals surface area contributed by atoms with E-state index in [1.165, 1.54) is 10.8 Å². The van der Waals surface area contributed by atoms with Gasteiger partial charge in [-0.1, -0.05) is 0 Å². The molecular formula is C10H15N3O5. The van der Waals surface area contributed by atoms with Gasteiger partial charge in [0.05, 0.1) is 6.61 Å². The average molecular weight is 257 g/mol. The van der Waals surface area contributed by atoms with Crippen LogP contribution in [-0.2, 0) is 9.57 Å². The Morgan fingerprint density at radius 1 is 1.67 bits per heavy atom. The van der Waals surface area contributed by atoms with Gasteiger partial charge in [0, 0.05) is 18.2 Å². The fourth-order valence-electron chi connectivity index (χ4n) is 1.98. The normalized spacial score (nSPS) is 27.6. The van der Waals surface area contributed by atoms with Crippen molar-refractivity contribution >= 4 is 0 Å². The van der Waals surface area contributed by atoms with Crippen LogP contribution in [0.1, 0.15) is 18.2 Å². The summed E-state index contributed by atoms with van der Waals surface area (Å²) in [4.78, 5) is 29.8. The zero-order chi connectivity index (χ0) is 13.3. The topological polar surface area (TPSA) is 120 Å². The predicted octanol–water partition coefficient (Wildman–Crippen LogP) is -1.62. The molecule has 1 aromatic heterocycles. The molecule has 100 valence electrons. The van der Waals surface area contributed by atoms with Gasteiger partial charge < -0.3 is 9.84 Å². The van der Waals surface area contributed by atoms with Crippen molar-refractivity contribution in [1.82, 2.24) is 9.55 Å². The van der Waals surface area contributed by atoms with Gasteiger partial charge in [-0.25, -0.2) is 10.7 Å². The first-order valence-electron chi connectivity index (χ1n) is 5.50. The number of H-pyrrole nitrogens is 1. The highest BCUT2D eigenvalue weighted by atomic mass is 16.7. The summed E-state index contributed by atoms with van der Waals surface area (Å²) in [6.45, 7) is 1.33. The molecule has 2 rings (SSSR count). The lowest BCUT2D eigenvalue weighted by atomic mass is 10.2. The molecule has 0 amide bonds. The monoisotopic (exact) mass is 257 g/mol. The van der Waals surface area contributed by atoms with Gasteiger partial charge in [0.1, 0.15) is 18.4 Å². The Bertz CT molecular complexity index is 525. The molecule has 2 heterocycles. The van der Waals surface area contributed by atoms with Crippen molar-refractivity contribution in [2.24, 2.45) is 5.90 Å². The van der Waals surface area contributed by atoms with Gasteiger partial charge in [-0.15, -0.1) is 0 Å². The highest BCUT2D eigenvalue weighted by Gasteiger charge is 2.37. The number of nitrogens with one attached hydrogen (secondary N) is 1. The number of hydrogen-bond donors (Lipinski definition) is 3. The van der Waals surface area contributed by atoms with Gasteiger partial charge >= 0.3 is 5.69 Å². The summed E-state index contributed by atoms with van der Waals surface area (Å²) in [6, 6.07) is 0. The number of nitrogens with two attached hydrogens (primary N) is 1. The van der Waals surface area contributed by atoms with E-state index in [-0.39, 0.29) is 6.61 Å². The van der Waals surface area contributed by atoms with Gasteiger partial charge in [0.15, 0.2) is 0 Å². The Morgan fingerprint density at radius 2 is 2.39 bits per heavy atom. The predicted molar refractivity (Wildman–Crippen MR) is 60.7 cm³/mol. The number of hydrogen-bond acceptors (Lipinski definition) is 6. The van der Waals surface area contributed by atoms with Crippen molar-refractivity contribution in [1.29, 1.82) is 0 Å². The second-order valence-corrected chi connectivity index (χ2v) is 4.20. The summed E-state index contributed by atoms with van der Waals surface area (Å²) in [6.07, 6.45) is 0.0590. The molecule has 0 aliphatic carbocycles. The van der Waals surface area contributed by atoms with E-state index in [9.17, 15) is 9.59 Å². The minimum atomic E-state index is -0.612. The Kier molecular flexibility index (Phi) is 3.62. The summed E-state index contributed by atoms with van der Waals surface area (Å²) < 4.78 is 6.72. The third kappa shape index (κ3) is 2.23. The molecule has 0 saturated carbocycles. The molecule has 0 spiro atoms. The van der Waals surface area contributed by atoms with E-state index in [2.05, 4.69) is 9.82 Å². The number of aromatic nitrogens is 2. The first-order valence-corrected chi connectivity index (χ1v) is 5.50. The smallest absolute Gasteiger partial charge is 0.330 e. The number of ether oxygens (including phenoxy) is 1. The van der Waals surface area contributed by atoms with Crippen molar-refractivity contribution in [2.45, 2.75) is 31.8 Å². The second-order valence-electron chi connectivity index (χ2n) is 4.20. The molecular weight excluding hydrogens is 242 g/mol. The SMILES string of the molecule is Cc1cn([C@H]2C[C@@H](ON)[C@@H](CO)O2)c(=O)[nH]c1=O. The lowest BCUT2D eigenvalue weighted by Gasteiger charge is -2.14. The molecule has 0 unspecified atom stereocenters. The molecule has 1 aliphatic heterocycles. The van der Waals surface area contributed by atoms with Gasteiger partial charge in [-0.2, -0.15) is 0 Å². The maximum Gasteiger partial charge on any atom is 0.330 e. The molecule has 18 heavy (non-hydrogen) atoms. The minimum Gasteiger partial charge on any atom is -0.394 e. The first-order chi connectivity index (χ1) is 8.56. The third-order valence-corrected chi connectivity index (χ3v) is 2.99. The Hall–Kier alpha value is -1.48. The van der Waals surface area contributed by atoms with Crippen LogP contribution in [0.4, 0.5) is 0 Å². The van der Waals surface area contributed by atoms with E-state index in [4.69, 9.17) is 15.7 Å². The van der Waals surface area contributed by atoms with E-state index < -0.39 is 29.7 Å². The highest BCUT2D eigenvalue weighted by Crippen LogP contribution is 2.28. The maximum absolute atomic E-state index is 11.7. The van der Waals surface area contributed by atoms with E-state index in [1.807, 2.05) is 0 Å². The summed E-state index contributed by atoms with van der Waals surface area (Å²) >= 11 is 0. The molecule has 0 bridgehead atoms. The quantitative estimate of drug-likeness (QED) is 0.560. The van der Waals surface area contributed by atoms with Crippen molar-refractivity contribution in [3.05, 3.63) is 32.6 Å². The molecule has 0 aromatic carbocycles. The average Bonchev–Trinajstić information content (AvgIpc) is 2.76. The largest absolute Gasteiger partial charge is 0.394 e. The third-order valence-electron chi connectivity index (χ3n) is 2.99. The van der Waals surface area contributed by atoms with Crippen LogP contribution in [0.3, 0.4) is 0 Å². The zero-order valence-electron chi connectivity index (χ0n) is 9.83. The molecule has 1 saturated heterocycles. The lowest BCUT2D eigenvalue weighted by Crippen LogP contribution is -2.33. The van der Waals surface area contributed by atoms with Gasteiger partial charge in [-0.3, -0.25) is 19.2 Å². The zero-order valence-corrected chi connectivity index (χ0v) is 9.83. The minimum absolute atomic E-state index is 0.255. The number of aryl methyl sites for hydroxylation is 1. The molecule has 1 aliphatic rings. The molecule has 3 atom stereocenters. The molecule has 1 fully saturated rings. The second kappa shape index (κ2) is 5.02. The van der Waals surface area contributed by atoms with Crippen LogP contribution < -0.4 is 17.1 Å². The van der Waals surface area contributed by atoms with E-state index in [1.54, 1.807) is 6.92 Å².